The lowest BCUT2D eigenvalue weighted by molar-refractivity contribution is -0.145. The molecule has 0 aromatic heterocycles. The van der Waals surface area contributed by atoms with Crippen molar-refractivity contribution in [2.75, 3.05) is 0 Å². The maximum atomic E-state index is 12.8. The number of hydrogen-bond acceptors (Lipinski definition) is 3. The zero-order chi connectivity index (χ0) is 19.3. The highest BCUT2D eigenvalue weighted by molar-refractivity contribution is 6.30. The normalized spacial score (nSPS) is 18.0. The number of hydrogen-bond donors (Lipinski definition) is 0. The third-order valence-electron chi connectivity index (χ3n) is 4.92. The molecule has 0 saturated heterocycles. The summed E-state index contributed by atoms with van der Waals surface area (Å²) >= 11 is 5.98. The smallest absolute Gasteiger partial charge is 0.314 e. The van der Waals surface area contributed by atoms with Crippen LogP contribution < -0.4 is 0 Å². The van der Waals surface area contributed by atoms with E-state index in [4.69, 9.17) is 16.3 Å². The van der Waals surface area contributed by atoms with Crippen LogP contribution in [-0.4, -0.2) is 11.8 Å². The van der Waals surface area contributed by atoms with Gasteiger partial charge in [-0.05, 0) is 36.0 Å². The number of carbonyl (C=O) groups is 2. The molecule has 1 unspecified atom stereocenters. The fraction of sp³-hybridized carbons (Fsp3) is 0.545. The Hall–Kier alpha value is -1.61. The van der Waals surface area contributed by atoms with E-state index >= 15 is 0 Å². The van der Waals surface area contributed by atoms with Crippen molar-refractivity contribution in [2.45, 2.75) is 66.2 Å². The molecule has 3 nitrogen and oxygen atoms in total. The van der Waals surface area contributed by atoms with E-state index in [0.29, 0.717) is 29.2 Å². The van der Waals surface area contributed by atoms with Gasteiger partial charge in [0.1, 0.15) is 5.76 Å². The van der Waals surface area contributed by atoms with Crippen molar-refractivity contribution < 1.29 is 14.3 Å². The maximum absolute atomic E-state index is 12.8. The molecule has 0 aliphatic heterocycles. The second-order valence-corrected chi connectivity index (χ2v) is 8.35. The summed E-state index contributed by atoms with van der Waals surface area (Å²) in [5.41, 5.74) is 1.08. The average molecular weight is 377 g/mol. The van der Waals surface area contributed by atoms with Gasteiger partial charge in [0.2, 0.25) is 0 Å². The van der Waals surface area contributed by atoms with E-state index in [-0.39, 0.29) is 23.1 Å². The van der Waals surface area contributed by atoms with E-state index in [9.17, 15) is 9.59 Å². The number of halogens is 1. The third-order valence-corrected chi connectivity index (χ3v) is 5.18. The zero-order valence-electron chi connectivity index (χ0n) is 16.2. The molecule has 4 heteroatoms. The Labute approximate surface area is 161 Å². The molecule has 0 heterocycles. The highest BCUT2D eigenvalue weighted by atomic mass is 35.5. The summed E-state index contributed by atoms with van der Waals surface area (Å²) in [4.78, 5) is 25.5. The van der Waals surface area contributed by atoms with Crippen LogP contribution in [-0.2, 0) is 14.3 Å². The van der Waals surface area contributed by atoms with Gasteiger partial charge in [-0.2, -0.15) is 0 Å². The summed E-state index contributed by atoms with van der Waals surface area (Å²) in [6.07, 6.45) is 4.65. The second-order valence-electron chi connectivity index (χ2n) is 7.91. The molecule has 1 aromatic rings. The lowest BCUT2D eigenvalue weighted by Crippen LogP contribution is -2.28. The van der Waals surface area contributed by atoms with E-state index in [2.05, 4.69) is 6.92 Å². The molecule has 1 atom stereocenters. The number of Topliss-reactive ketones (excluding diaryl/α,β-unsaturated/α-hetero) is 1. The number of ether oxygens (including phenoxy) is 1. The summed E-state index contributed by atoms with van der Waals surface area (Å²) in [7, 11) is 0. The van der Waals surface area contributed by atoms with Crippen molar-refractivity contribution in [3.05, 3.63) is 40.6 Å². The fourth-order valence-corrected chi connectivity index (χ4v) is 3.56. The SMILES string of the molecule is CCCCC(CC)C(=O)OC1=C(c2ccc(Cl)cc2)C(=O)CC(C)(C)C1. The summed E-state index contributed by atoms with van der Waals surface area (Å²) in [6.45, 7) is 8.19. The van der Waals surface area contributed by atoms with Crippen LogP contribution >= 0.6 is 11.6 Å². The first kappa shape index (κ1) is 20.7. The third kappa shape index (κ3) is 5.20. The Morgan fingerprint density at radius 1 is 1.19 bits per heavy atom. The fourth-order valence-electron chi connectivity index (χ4n) is 3.43. The lowest BCUT2D eigenvalue weighted by atomic mass is 9.75. The molecule has 142 valence electrons. The summed E-state index contributed by atoms with van der Waals surface area (Å²) in [5.74, 6) is 0.198. The van der Waals surface area contributed by atoms with E-state index in [1.54, 1.807) is 12.1 Å². The monoisotopic (exact) mass is 376 g/mol. The van der Waals surface area contributed by atoms with E-state index < -0.39 is 0 Å². The lowest BCUT2D eigenvalue weighted by Gasteiger charge is -2.32. The van der Waals surface area contributed by atoms with Gasteiger partial charge < -0.3 is 4.74 Å². The summed E-state index contributed by atoms with van der Waals surface area (Å²) in [6, 6.07) is 7.14. The maximum Gasteiger partial charge on any atom is 0.314 e. The van der Waals surface area contributed by atoms with Crippen molar-refractivity contribution in [1.29, 1.82) is 0 Å². The van der Waals surface area contributed by atoms with Gasteiger partial charge in [-0.15, -0.1) is 0 Å². The predicted molar refractivity (Wildman–Crippen MR) is 106 cm³/mol. The van der Waals surface area contributed by atoms with Crippen LogP contribution in [0.15, 0.2) is 30.0 Å². The van der Waals surface area contributed by atoms with Crippen molar-refractivity contribution >= 4 is 28.9 Å². The number of benzene rings is 1. The van der Waals surface area contributed by atoms with Crippen LogP contribution in [0.1, 0.15) is 71.8 Å². The van der Waals surface area contributed by atoms with Crippen LogP contribution in [0.3, 0.4) is 0 Å². The van der Waals surface area contributed by atoms with Gasteiger partial charge in [0.25, 0.3) is 0 Å². The van der Waals surface area contributed by atoms with Crippen molar-refractivity contribution in [3.8, 4) is 0 Å². The number of rotatable bonds is 7. The molecule has 0 spiro atoms. The number of allylic oxidation sites excluding steroid dienone is 2. The molecule has 1 aromatic carbocycles. The van der Waals surface area contributed by atoms with Gasteiger partial charge in [-0.1, -0.05) is 64.3 Å². The molecular formula is C22H29ClO3. The first-order chi connectivity index (χ1) is 12.3. The quantitative estimate of drug-likeness (QED) is 0.532. The Balaban J connectivity index is 2.36. The second kappa shape index (κ2) is 8.85. The summed E-state index contributed by atoms with van der Waals surface area (Å²) < 4.78 is 5.83. The van der Waals surface area contributed by atoms with Crippen LogP contribution in [0.4, 0.5) is 0 Å². The van der Waals surface area contributed by atoms with Crippen LogP contribution in [0.2, 0.25) is 5.02 Å². The molecule has 26 heavy (non-hydrogen) atoms. The largest absolute Gasteiger partial charge is 0.430 e. The molecular weight excluding hydrogens is 348 g/mol. The van der Waals surface area contributed by atoms with Crippen LogP contribution in [0.25, 0.3) is 5.57 Å². The molecule has 2 rings (SSSR count). The predicted octanol–water partition coefficient (Wildman–Crippen LogP) is 6.20. The number of esters is 1. The Morgan fingerprint density at radius 3 is 2.42 bits per heavy atom. The van der Waals surface area contributed by atoms with E-state index in [1.807, 2.05) is 32.9 Å². The van der Waals surface area contributed by atoms with Gasteiger partial charge in [0.05, 0.1) is 11.5 Å². The number of ketones is 1. The topological polar surface area (TPSA) is 43.4 Å². The highest BCUT2D eigenvalue weighted by Gasteiger charge is 2.36. The molecule has 0 fully saturated rings. The summed E-state index contributed by atoms with van der Waals surface area (Å²) in [5, 5.41) is 0.613. The molecule has 0 radical (unpaired) electrons. The minimum absolute atomic E-state index is 0.0213. The van der Waals surface area contributed by atoms with Crippen LogP contribution in [0.5, 0.6) is 0 Å². The average Bonchev–Trinajstić information content (AvgIpc) is 2.55. The number of carbonyl (C=O) groups excluding carboxylic acids is 2. The first-order valence-electron chi connectivity index (χ1n) is 9.51. The number of unbranched alkanes of at least 4 members (excludes halogenated alkanes) is 1. The zero-order valence-corrected chi connectivity index (χ0v) is 17.0. The Kier molecular flexibility index (Phi) is 7.05. The van der Waals surface area contributed by atoms with Crippen molar-refractivity contribution in [2.24, 2.45) is 11.3 Å². The molecule has 1 aliphatic rings. The molecule has 0 amide bonds. The van der Waals surface area contributed by atoms with Gasteiger partial charge >= 0.3 is 5.97 Å². The van der Waals surface area contributed by atoms with Crippen LogP contribution in [0, 0.1) is 11.3 Å². The van der Waals surface area contributed by atoms with E-state index in [1.165, 1.54) is 0 Å². The molecule has 0 saturated carbocycles. The van der Waals surface area contributed by atoms with Crippen molar-refractivity contribution in [1.82, 2.24) is 0 Å². The Bertz CT molecular complexity index is 686. The highest BCUT2D eigenvalue weighted by Crippen LogP contribution is 2.41. The van der Waals surface area contributed by atoms with Gasteiger partial charge in [-0.3, -0.25) is 9.59 Å². The van der Waals surface area contributed by atoms with Crippen molar-refractivity contribution in [3.63, 3.8) is 0 Å². The minimum Gasteiger partial charge on any atom is -0.430 e. The van der Waals surface area contributed by atoms with Gasteiger partial charge in [0.15, 0.2) is 5.78 Å². The molecule has 1 aliphatic carbocycles. The first-order valence-corrected chi connectivity index (χ1v) is 9.89. The van der Waals surface area contributed by atoms with E-state index in [0.717, 1.165) is 31.2 Å². The standard InChI is InChI=1S/C22H29ClO3/c1-5-7-8-15(6-2)21(25)26-19-14-22(3,4)13-18(24)20(19)16-9-11-17(23)12-10-16/h9-12,15H,5-8,13-14H2,1-4H3. The van der Waals surface area contributed by atoms with Gasteiger partial charge in [-0.25, -0.2) is 0 Å². The Morgan fingerprint density at radius 2 is 1.85 bits per heavy atom. The van der Waals surface area contributed by atoms with Gasteiger partial charge in [0, 0.05) is 17.9 Å². The molecule has 0 bridgehead atoms. The molecule has 0 N–H and O–H groups in total. The minimum atomic E-state index is -0.215.